The van der Waals surface area contributed by atoms with E-state index in [-0.39, 0.29) is 6.04 Å². The Morgan fingerprint density at radius 3 is 3.15 bits per heavy atom. The van der Waals surface area contributed by atoms with Crippen LogP contribution in [0.3, 0.4) is 0 Å². The summed E-state index contributed by atoms with van der Waals surface area (Å²) in [6.45, 7) is 3.92. The summed E-state index contributed by atoms with van der Waals surface area (Å²) in [5.74, 6) is 0. The second-order valence-electron chi connectivity index (χ2n) is 5.34. The van der Waals surface area contributed by atoms with Crippen molar-refractivity contribution in [3.8, 4) is 0 Å². The van der Waals surface area contributed by atoms with Gasteiger partial charge in [-0.1, -0.05) is 31.2 Å². The Bertz CT molecular complexity index is 579. The van der Waals surface area contributed by atoms with Gasteiger partial charge in [0.15, 0.2) is 0 Å². The van der Waals surface area contributed by atoms with E-state index in [9.17, 15) is 5.11 Å². The number of aliphatic hydroxyl groups excluding tert-OH is 1. The third-order valence-electron chi connectivity index (χ3n) is 3.98. The standard InChI is InChI=1S/C16H21N3O/c1-2-9-19-11-17-10-14(19)16(20)15-13-6-4-3-5-12(13)7-8-18-15/h3-6,10-11,15-16,18,20H,2,7-9H2,1H3. The number of hydrogen-bond donors (Lipinski definition) is 2. The molecule has 2 aromatic rings. The molecule has 0 spiro atoms. The molecule has 0 amide bonds. The van der Waals surface area contributed by atoms with E-state index >= 15 is 0 Å². The number of rotatable bonds is 4. The highest BCUT2D eigenvalue weighted by atomic mass is 16.3. The van der Waals surface area contributed by atoms with Gasteiger partial charge in [0.1, 0.15) is 6.10 Å². The minimum Gasteiger partial charge on any atom is -0.385 e. The largest absolute Gasteiger partial charge is 0.385 e. The van der Waals surface area contributed by atoms with E-state index in [0.717, 1.165) is 31.6 Å². The van der Waals surface area contributed by atoms with Crippen LogP contribution in [0.4, 0.5) is 0 Å². The molecule has 3 rings (SSSR count). The molecule has 1 aliphatic heterocycles. The van der Waals surface area contributed by atoms with Gasteiger partial charge in [0, 0.05) is 6.54 Å². The average Bonchev–Trinajstić information content (AvgIpc) is 2.94. The van der Waals surface area contributed by atoms with E-state index in [4.69, 9.17) is 0 Å². The number of aliphatic hydroxyl groups is 1. The molecule has 2 unspecified atom stereocenters. The van der Waals surface area contributed by atoms with Gasteiger partial charge in [-0.2, -0.15) is 0 Å². The van der Waals surface area contributed by atoms with E-state index in [1.807, 2.05) is 10.6 Å². The van der Waals surface area contributed by atoms with Gasteiger partial charge in [-0.15, -0.1) is 0 Å². The highest BCUT2D eigenvalue weighted by Crippen LogP contribution is 2.33. The lowest BCUT2D eigenvalue weighted by molar-refractivity contribution is 0.117. The molecule has 106 valence electrons. The van der Waals surface area contributed by atoms with Crippen molar-refractivity contribution in [2.24, 2.45) is 0 Å². The van der Waals surface area contributed by atoms with Crippen LogP contribution in [0, 0.1) is 0 Å². The first-order valence-corrected chi connectivity index (χ1v) is 7.30. The summed E-state index contributed by atoms with van der Waals surface area (Å²) in [4.78, 5) is 4.19. The zero-order valence-corrected chi connectivity index (χ0v) is 11.8. The van der Waals surface area contributed by atoms with Gasteiger partial charge in [-0.05, 0) is 30.5 Å². The molecule has 1 aromatic carbocycles. The SMILES string of the molecule is CCCn1cncc1C(O)C1NCCc2ccccc21. The second kappa shape index (κ2) is 5.77. The molecule has 0 aliphatic carbocycles. The Balaban J connectivity index is 1.91. The van der Waals surface area contributed by atoms with Crippen molar-refractivity contribution in [2.75, 3.05) is 6.54 Å². The summed E-state index contributed by atoms with van der Waals surface area (Å²) in [5.41, 5.74) is 3.42. The molecule has 0 bridgehead atoms. The van der Waals surface area contributed by atoms with E-state index in [1.165, 1.54) is 11.1 Å². The molecule has 4 nitrogen and oxygen atoms in total. The zero-order chi connectivity index (χ0) is 13.9. The summed E-state index contributed by atoms with van der Waals surface area (Å²) >= 11 is 0. The number of aryl methyl sites for hydroxylation is 1. The van der Waals surface area contributed by atoms with Crippen LogP contribution in [-0.4, -0.2) is 21.2 Å². The molecular formula is C16H21N3O. The van der Waals surface area contributed by atoms with Crippen molar-refractivity contribution in [3.63, 3.8) is 0 Å². The number of hydrogen-bond acceptors (Lipinski definition) is 3. The number of imidazole rings is 1. The third kappa shape index (κ3) is 2.37. The van der Waals surface area contributed by atoms with Gasteiger partial charge in [0.05, 0.1) is 24.3 Å². The fourth-order valence-corrected chi connectivity index (χ4v) is 3.00. The number of nitrogens with zero attached hydrogens (tertiary/aromatic N) is 2. The number of benzene rings is 1. The first-order chi connectivity index (χ1) is 9.81. The van der Waals surface area contributed by atoms with Crippen LogP contribution in [0.2, 0.25) is 0 Å². The molecule has 1 aliphatic rings. The zero-order valence-electron chi connectivity index (χ0n) is 11.8. The topological polar surface area (TPSA) is 50.1 Å². The van der Waals surface area contributed by atoms with Crippen LogP contribution in [-0.2, 0) is 13.0 Å². The van der Waals surface area contributed by atoms with E-state index in [0.29, 0.717) is 0 Å². The van der Waals surface area contributed by atoms with Crippen molar-refractivity contribution in [3.05, 3.63) is 53.6 Å². The monoisotopic (exact) mass is 271 g/mol. The quantitative estimate of drug-likeness (QED) is 0.896. The van der Waals surface area contributed by atoms with Gasteiger partial charge in [-0.3, -0.25) is 0 Å². The minimum absolute atomic E-state index is 0.0488. The lowest BCUT2D eigenvalue weighted by Gasteiger charge is -2.31. The van der Waals surface area contributed by atoms with E-state index in [2.05, 4.69) is 35.4 Å². The molecule has 2 atom stereocenters. The van der Waals surface area contributed by atoms with E-state index < -0.39 is 6.10 Å². The molecule has 0 fully saturated rings. The maximum Gasteiger partial charge on any atom is 0.115 e. The van der Waals surface area contributed by atoms with Crippen LogP contribution in [0.5, 0.6) is 0 Å². The van der Waals surface area contributed by atoms with Crippen LogP contribution in [0.25, 0.3) is 0 Å². The van der Waals surface area contributed by atoms with Crippen molar-refractivity contribution in [1.82, 2.24) is 14.9 Å². The van der Waals surface area contributed by atoms with Gasteiger partial charge in [-0.25, -0.2) is 4.98 Å². The number of nitrogens with one attached hydrogen (secondary N) is 1. The van der Waals surface area contributed by atoms with Gasteiger partial charge >= 0.3 is 0 Å². The summed E-state index contributed by atoms with van der Waals surface area (Å²) in [7, 11) is 0. The second-order valence-corrected chi connectivity index (χ2v) is 5.34. The van der Waals surface area contributed by atoms with Crippen LogP contribution >= 0.6 is 0 Å². The minimum atomic E-state index is -0.564. The van der Waals surface area contributed by atoms with Crippen LogP contribution in [0.15, 0.2) is 36.8 Å². The third-order valence-corrected chi connectivity index (χ3v) is 3.98. The molecule has 1 aromatic heterocycles. The van der Waals surface area contributed by atoms with Gasteiger partial charge < -0.3 is 15.0 Å². The van der Waals surface area contributed by atoms with E-state index in [1.54, 1.807) is 12.5 Å². The summed E-state index contributed by atoms with van der Waals surface area (Å²) in [5, 5.41) is 14.2. The van der Waals surface area contributed by atoms with Gasteiger partial charge in [0.2, 0.25) is 0 Å². The van der Waals surface area contributed by atoms with Crippen molar-refractivity contribution < 1.29 is 5.11 Å². The van der Waals surface area contributed by atoms with Crippen molar-refractivity contribution in [1.29, 1.82) is 0 Å². The highest BCUT2D eigenvalue weighted by molar-refractivity contribution is 5.34. The first-order valence-electron chi connectivity index (χ1n) is 7.30. The Morgan fingerprint density at radius 1 is 1.45 bits per heavy atom. The Hall–Kier alpha value is -1.65. The molecule has 0 saturated heterocycles. The van der Waals surface area contributed by atoms with Crippen LogP contribution in [0.1, 0.15) is 42.3 Å². The normalized spacial score (nSPS) is 19.6. The Labute approximate surface area is 119 Å². The molecule has 0 saturated carbocycles. The van der Waals surface area contributed by atoms with Crippen molar-refractivity contribution >= 4 is 0 Å². The molecule has 20 heavy (non-hydrogen) atoms. The van der Waals surface area contributed by atoms with Gasteiger partial charge in [0.25, 0.3) is 0 Å². The molecule has 2 N–H and O–H groups in total. The Morgan fingerprint density at radius 2 is 2.30 bits per heavy atom. The fourth-order valence-electron chi connectivity index (χ4n) is 3.00. The molecular weight excluding hydrogens is 250 g/mol. The summed E-state index contributed by atoms with van der Waals surface area (Å²) < 4.78 is 2.05. The predicted molar refractivity (Wildman–Crippen MR) is 78.4 cm³/mol. The molecule has 0 radical (unpaired) electrons. The Kier molecular flexibility index (Phi) is 3.85. The maximum atomic E-state index is 10.8. The fraction of sp³-hybridized carbons (Fsp3) is 0.438. The predicted octanol–water partition coefficient (Wildman–Crippen LogP) is 2.21. The lowest BCUT2D eigenvalue weighted by Crippen LogP contribution is -2.34. The average molecular weight is 271 g/mol. The first kappa shape index (κ1) is 13.3. The maximum absolute atomic E-state index is 10.8. The lowest BCUT2D eigenvalue weighted by atomic mass is 9.90. The van der Waals surface area contributed by atoms with Crippen LogP contribution < -0.4 is 5.32 Å². The summed E-state index contributed by atoms with van der Waals surface area (Å²) in [6, 6.07) is 8.31. The number of aromatic nitrogens is 2. The smallest absolute Gasteiger partial charge is 0.115 e. The molecule has 4 heteroatoms. The molecule has 2 heterocycles. The van der Waals surface area contributed by atoms with Crippen molar-refractivity contribution in [2.45, 2.75) is 38.5 Å². The highest BCUT2D eigenvalue weighted by Gasteiger charge is 2.28. The summed E-state index contributed by atoms with van der Waals surface area (Å²) in [6.07, 6.45) is 5.07. The number of fused-ring (bicyclic) bond motifs is 1.